The van der Waals surface area contributed by atoms with Crippen molar-refractivity contribution in [1.82, 2.24) is 0 Å². The van der Waals surface area contributed by atoms with Gasteiger partial charge in [-0.25, -0.2) is 9.18 Å². The molecule has 3 aromatic carbocycles. The summed E-state index contributed by atoms with van der Waals surface area (Å²) in [6.45, 7) is -0.299. The summed E-state index contributed by atoms with van der Waals surface area (Å²) in [6.07, 6.45) is 0. The molecule has 0 saturated heterocycles. The fourth-order valence-electron chi connectivity index (χ4n) is 3.02. The van der Waals surface area contributed by atoms with Crippen molar-refractivity contribution in [2.24, 2.45) is 0 Å². The molecule has 0 radical (unpaired) electrons. The molecule has 0 aliphatic carbocycles. The number of halogens is 1. The van der Waals surface area contributed by atoms with E-state index in [-0.39, 0.29) is 18.0 Å². The lowest BCUT2D eigenvalue weighted by Crippen LogP contribution is -2.21. The first-order valence-corrected chi connectivity index (χ1v) is 10.2. The minimum Gasteiger partial charge on any atom is -0.493 e. The standard InChI is InChI=1S/C25H24FNO7/c1-30-21-12-19(13-22(31-2)24(21)32-3)27-23(28)15-34-25(29)17-5-4-6-20(11-17)33-14-16-7-9-18(26)10-8-16/h4-13H,14-15H2,1-3H3,(H,27,28). The number of hydrogen-bond donors (Lipinski definition) is 1. The van der Waals surface area contributed by atoms with Crippen LogP contribution in [0, 0.1) is 5.82 Å². The van der Waals surface area contributed by atoms with E-state index in [1.165, 1.54) is 39.5 Å². The molecule has 0 spiro atoms. The number of amides is 1. The zero-order valence-electron chi connectivity index (χ0n) is 18.9. The highest BCUT2D eigenvalue weighted by Gasteiger charge is 2.16. The Balaban J connectivity index is 1.56. The van der Waals surface area contributed by atoms with Crippen LogP contribution in [-0.2, 0) is 16.1 Å². The number of carbonyl (C=O) groups is 2. The van der Waals surface area contributed by atoms with Crippen molar-refractivity contribution >= 4 is 17.6 Å². The van der Waals surface area contributed by atoms with Crippen LogP contribution in [-0.4, -0.2) is 39.8 Å². The van der Waals surface area contributed by atoms with Crippen molar-refractivity contribution in [3.05, 3.63) is 77.6 Å². The van der Waals surface area contributed by atoms with Crippen molar-refractivity contribution < 1.29 is 37.7 Å². The van der Waals surface area contributed by atoms with E-state index in [2.05, 4.69) is 5.32 Å². The van der Waals surface area contributed by atoms with Crippen LogP contribution >= 0.6 is 0 Å². The fourth-order valence-corrected chi connectivity index (χ4v) is 3.02. The summed E-state index contributed by atoms with van der Waals surface area (Å²) in [5.41, 5.74) is 1.38. The molecule has 0 heterocycles. The van der Waals surface area contributed by atoms with E-state index in [1.807, 2.05) is 0 Å². The maximum absolute atomic E-state index is 13.0. The first-order chi connectivity index (χ1) is 16.4. The van der Waals surface area contributed by atoms with E-state index >= 15 is 0 Å². The van der Waals surface area contributed by atoms with E-state index in [0.29, 0.717) is 28.7 Å². The van der Waals surface area contributed by atoms with Crippen LogP contribution in [0.15, 0.2) is 60.7 Å². The Labute approximate surface area is 196 Å². The van der Waals surface area contributed by atoms with Crippen LogP contribution in [0.4, 0.5) is 10.1 Å². The Morgan fingerprint density at radius 2 is 1.56 bits per heavy atom. The minimum absolute atomic E-state index is 0.204. The molecular formula is C25H24FNO7. The molecule has 0 aliphatic heterocycles. The van der Waals surface area contributed by atoms with Crippen LogP contribution in [0.5, 0.6) is 23.0 Å². The van der Waals surface area contributed by atoms with Crippen LogP contribution in [0.1, 0.15) is 15.9 Å². The van der Waals surface area contributed by atoms with E-state index in [0.717, 1.165) is 5.56 Å². The second-order valence-electron chi connectivity index (χ2n) is 6.98. The molecule has 34 heavy (non-hydrogen) atoms. The van der Waals surface area contributed by atoms with E-state index in [4.69, 9.17) is 23.7 Å². The number of anilines is 1. The summed E-state index contributed by atoms with van der Waals surface area (Å²) < 4.78 is 39.5. The van der Waals surface area contributed by atoms with Crippen LogP contribution in [0.25, 0.3) is 0 Å². The second-order valence-corrected chi connectivity index (χ2v) is 6.98. The van der Waals surface area contributed by atoms with Crippen LogP contribution in [0.2, 0.25) is 0 Å². The van der Waals surface area contributed by atoms with Gasteiger partial charge < -0.3 is 29.0 Å². The van der Waals surface area contributed by atoms with Gasteiger partial charge in [0.1, 0.15) is 18.2 Å². The van der Waals surface area contributed by atoms with Gasteiger partial charge in [-0.15, -0.1) is 0 Å². The van der Waals surface area contributed by atoms with Gasteiger partial charge in [0.25, 0.3) is 5.91 Å². The Hall–Kier alpha value is -4.27. The van der Waals surface area contributed by atoms with E-state index in [9.17, 15) is 14.0 Å². The minimum atomic E-state index is -0.688. The van der Waals surface area contributed by atoms with Crippen molar-refractivity contribution in [3.63, 3.8) is 0 Å². The number of rotatable bonds is 10. The smallest absolute Gasteiger partial charge is 0.338 e. The molecule has 178 valence electrons. The van der Waals surface area contributed by atoms with Crippen LogP contribution in [0.3, 0.4) is 0 Å². The molecule has 0 aromatic heterocycles. The predicted octanol–water partition coefficient (Wildman–Crippen LogP) is 4.23. The van der Waals surface area contributed by atoms with Crippen molar-refractivity contribution in [2.45, 2.75) is 6.61 Å². The third-order valence-electron chi connectivity index (χ3n) is 4.67. The fraction of sp³-hybridized carbons (Fsp3) is 0.200. The zero-order valence-corrected chi connectivity index (χ0v) is 18.9. The summed E-state index contributed by atoms with van der Waals surface area (Å²) >= 11 is 0. The van der Waals surface area contributed by atoms with Gasteiger partial charge in [0.05, 0.1) is 26.9 Å². The molecule has 0 unspecified atom stereocenters. The number of methoxy groups -OCH3 is 3. The van der Waals surface area contributed by atoms with Gasteiger partial charge in [-0.2, -0.15) is 0 Å². The average molecular weight is 469 g/mol. The highest BCUT2D eigenvalue weighted by molar-refractivity contribution is 5.96. The largest absolute Gasteiger partial charge is 0.493 e. The first kappa shape index (κ1) is 24.4. The highest BCUT2D eigenvalue weighted by Crippen LogP contribution is 2.39. The van der Waals surface area contributed by atoms with Gasteiger partial charge in [0.15, 0.2) is 18.1 Å². The SMILES string of the molecule is COc1cc(NC(=O)COC(=O)c2cccc(OCc3ccc(F)cc3)c2)cc(OC)c1OC. The highest BCUT2D eigenvalue weighted by atomic mass is 19.1. The third-order valence-corrected chi connectivity index (χ3v) is 4.67. The first-order valence-electron chi connectivity index (χ1n) is 10.2. The summed E-state index contributed by atoms with van der Waals surface area (Å²) in [5.74, 6) is -0.0174. The van der Waals surface area contributed by atoms with E-state index < -0.39 is 18.5 Å². The summed E-state index contributed by atoms with van der Waals surface area (Å²) in [6, 6.07) is 15.4. The van der Waals surface area contributed by atoms with Gasteiger partial charge in [-0.3, -0.25) is 4.79 Å². The number of carbonyl (C=O) groups excluding carboxylic acids is 2. The monoisotopic (exact) mass is 469 g/mol. The molecule has 1 amide bonds. The molecular weight excluding hydrogens is 445 g/mol. The summed E-state index contributed by atoms with van der Waals surface area (Å²) in [4.78, 5) is 24.7. The maximum atomic E-state index is 13.0. The van der Waals surface area contributed by atoms with Crippen molar-refractivity contribution in [2.75, 3.05) is 33.3 Å². The van der Waals surface area contributed by atoms with Crippen LogP contribution < -0.4 is 24.3 Å². The lowest BCUT2D eigenvalue weighted by Gasteiger charge is -2.14. The third kappa shape index (κ3) is 6.38. The number of benzene rings is 3. The zero-order chi connectivity index (χ0) is 24.5. The van der Waals surface area contributed by atoms with Gasteiger partial charge in [-0.05, 0) is 35.9 Å². The number of esters is 1. The van der Waals surface area contributed by atoms with Gasteiger partial charge >= 0.3 is 5.97 Å². The lowest BCUT2D eigenvalue weighted by atomic mass is 10.2. The molecule has 0 atom stereocenters. The molecule has 9 heteroatoms. The van der Waals surface area contributed by atoms with Gasteiger partial charge in [-0.1, -0.05) is 18.2 Å². The number of hydrogen-bond acceptors (Lipinski definition) is 7. The topological polar surface area (TPSA) is 92.3 Å². The number of ether oxygens (including phenoxy) is 5. The molecule has 0 bridgehead atoms. The molecule has 3 aromatic rings. The Bertz CT molecular complexity index is 1120. The molecule has 8 nitrogen and oxygen atoms in total. The molecule has 1 N–H and O–H groups in total. The second kappa shape index (κ2) is 11.6. The molecule has 3 rings (SSSR count). The quantitative estimate of drug-likeness (QED) is 0.445. The average Bonchev–Trinajstić information content (AvgIpc) is 2.86. The van der Waals surface area contributed by atoms with Crippen molar-refractivity contribution in [1.29, 1.82) is 0 Å². The Morgan fingerprint density at radius 3 is 2.18 bits per heavy atom. The van der Waals surface area contributed by atoms with Crippen molar-refractivity contribution in [3.8, 4) is 23.0 Å². The molecule has 0 fully saturated rings. The Kier molecular flexibility index (Phi) is 8.28. The summed E-state index contributed by atoms with van der Waals surface area (Å²) in [5, 5.41) is 2.62. The maximum Gasteiger partial charge on any atom is 0.338 e. The van der Waals surface area contributed by atoms with Gasteiger partial charge in [0, 0.05) is 17.8 Å². The Morgan fingerprint density at radius 1 is 0.882 bits per heavy atom. The predicted molar refractivity (Wildman–Crippen MR) is 122 cm³/mol. The number of nitrogens with one attached hydrogen (secondary N) is 1. The van der Waals surface area contributed by atoms with Gasteiger partial charge in [0.2, 0.25) is 5.75 Å². The summed E-state index contributed by atoms with van der Waals surface area (Å²) in [7, 11) is 4.39. The molecule has 0 aliphatic rings. The molecule has 0 saturated carbocycles. The van der Waals surface area contributed by atoms with E-state index in [1.54, 1.807) is 42.5 Å². The lowest BCUT2D eigenvalue weighted by molar-refractivity contribution is -0.119. The normalized spacial score (nSPS) is 10.2.